The summed E-state index contributed by atoms with van der Waals surface area (Å²) in [6.07, 6.45) is 15.4. The summed E-state index contributed by atoms with van der Waals surface area (Å²) in [5.41, 5.74) is 0. The first kappa shape index (κ1) is 19.5. The molecule has 120 valence electrons. The molecule has 1 amide bonds. The van der Waals surface area contributed by atoms with Crippen LogP contribution in [0.5, 0.6) is 0 Å². The second-order valence-electron chi connectivity index (χ2n) is 6.07. The van der Waals surface area contributed by atoms with E-state index in [4.69, 9.17) is 0 Å². The van der Waals surface area contributed by atoms with Crippen molar-refractivity contribution in [3.63, 3.8) is 0 Å². The van der Waals surface area contributed by atoms with Crippen LogP contribution in [0.3, 0.4) is 0 Å². The molecule has 0 bridgehead atoms. The monoisotopic (exact) mass is 283 g/mol. The van der Waals surface area contributed by atoms with Gasteiger partial charge in [-0.2, -0.15) is 0 Å². The molecule has 0 rings (SSSR count). The Morgan fingerprint density at radius 2 is 1.25 bits per heavy atom. The van der Waals surface area contributed by atoms with Gasteiger partial charge in [0.05, 0.1) is 0 Å². The van der Waals surface area contributed by atoms with Crippen LogP contribution in [0.1, 0.15) is 104 Å². The molecule has 0 aliphatic heterocycles. The summed E-state index contributed by atoms with van der Waals surface area (Å²) in [4.78, 5) is 12.0. The molecule has 0 aromatic heterocycles. The molecule has 0 saturated carbocycles. The lowest BCUT2D eigenvalue weighted by molar-refractivity contribution is -0.122. The molecular weight excluding hydrogens is 246 g/mol. The van der Waals surface area contributed by atoms with E-state index in [-0.39, 0.29) is 5.91 Å². The molecule has 0 radical (unpaired) electrons. The molecule has 20 heavy (non-hydrogen) atoms. The van der Waals surface area contributed by atoms with Gasteiger partial charge >= 0.3 is 0 Å². The van der Waals surface area contributed by atoms with E-state index in [9.17, 15) is 4.79 Å². The maximum Gasteiger partial charge on any atom is 0.220 e. The molecule has 0 aliphatic rings. The smallest absolute Gasteiger partial charge is 0.220 e. The van der Waals surface area contributed by atoms with Crippen molar-refractivity contribution in [1.29, 1.82) is 0 Å². The fourth-order valence-corrected chi connectivity index (χ4v) is 2.58. The first-order chi connectivity index (χ1) is 9.74. The third-order valence-electron chi connectivity index (χ3n) is 3.93. The minimum atomic E-state index is 0.277. The average Bonchev–Trinajstić information content (AvgIpc) is 2.44. The molecular formula is C18H37NO. The van der Waals surface area contributed by atoms with Crippen molar-refractivity contribution >= 4 is 5.91 Å². The average molecular weight is 283 g/mol. The van der Waals surface area contributed by atoms with Crippen molar-refractivity contribution in [3.05, 3.63) is 0 Å². The maximum absolute atomic E-state index is 12.0. The van der Waals surface area contributed by atoms with Gasteiger partial charge in [-0.25, -0.2) is 0 Å². The largest absolute Gasteiger partial charge is 0.353 e. The molecule has 2 heteroatoms. The number of hydrogen-bond acceptors (Lipinski definition) is 1. The molecule has 2 nitrogen and oxygen atoms in total. The molecule has 0 saturated heterocycles. The number of carbonyl (C=O) groups excluding carboxylic acids is 1. The van der Waals surface area contributed by atoms with Crippen molar-refractivity contribution in [2.24, 2.45) is 0 Å². The zero-order valence-electron chi connectivity index (χ0n) is 14.2. The lowest BCUT2D eigenvalue weighted by atomic mass is 10.0. The molecule has 0 aromatic carbocycles. The summed E-state index contributed by atoms with van der Waals surface area (Å²) in [6.45, 7) is 6.67. The molecule has 0 unspecified atom stereocenters. The van der Waals surface area contributed by atoms with Crippen molar-refractivity contribution in [2.75, 3.05) is 0 Å². The Morgan fingerprint density at radius 1 is 0.750 bits per heavy atom. The molecule has 1 N–H and O–H groups in total. The predicted octanol–water partition coefficient (Wildman–Crippen LogP) is 5.60. The Bertz CT molecular complexity index is 205. The first-order valence-corrected chi connectivity index (χ1v) is 9.03. The fourth-order valence-electron chi connectivity index (χ4n) is 2.58. The SMILES string of the molecule is CCCCCCC(=O)NC(CCCCC)CCCCC. The van der Waals surface area contributed by atoms with Crippen molar-refractivity contribution in [1.82, 2.24) is 5.32 Å². The Morgan fingerprint density at radius 3 is 1.75 bits per heavy atom. The lowest BCUT2D eigenvalue weighted by Crippen LogP contribution is -2.34. The highest BCUT2D eigenvalue weighted by Crippen LogP contribution is 2.12. The van der Waals surface area contributed by atoms with Crippen molar-refractivity contribution in [2.45, 2.75) is 110 Å². The van der Waals surface area contributed by atoms with Crippen molar-refractivity contribution in [3.8, 4) is 0 Å². The third kappa shape index (κ3) is 12.5. The van der Waals surface area contributed by atoms with Crippen LogP contribution in [0, 0.1) is 0 Å². The summed E-state index contributed by atoms with van der Waals surface area (Å²) in [6, 6.07) is 0.423. The van der Waals surface area contributed by atoms with Crippen LogP contribution in [-0.2, 0) is 4.79 Å². The number of carbonyl (C=O) groups is 1. The van der Waals surface area contributed by atoms with Gasteiger partial charge in [0.1, 0.15) is 0 Å². The highest BCUT2D eigenvalue weighted by Gasteiger charge is 2.11. The summed E-state index contributed by atoms with van der Waals surface area (Å²) < 4.78 is 0. The predicted molar refractivity (Wildman–Crippen MR) is 89.0 cm³/mol. The Kier molecular flexibility index (Phi) is 14.5. The van der Waals surface area contributed by atoms with E-state index in [1.54, 1.807) is 0 Å². The highest BCUT2D eigenvalue weighted by atomic mass is 16.1. The zero-order valence-corrected chi connectivity index (χ0v) is 14.2. The molecule has 0 fully saturated rings. The van der Waals surface area contributed by atoms with Gasteiger partial charge < -0.3 is 5.32 Å². The van der Waals surface area contributed by atoms with Crippen LogP contribution < -0.4 is 5.32 Å². The van der Waals surface area contributed by atoms with E-state index in [0.717, 1.165) is 25.7 Å². The second-order valence-corrected chi connectivity index (χ2v) is 6.07. The molecule has 0 heterocycles. The number of rotatable bonds is 14. The van der Waals surface area contributed by atoms with E-state index in [2.05, 4.69) is 26.1 Å². The summed E-state index contributed by atoms with van der Waals surface area (Å²) in [7, 11) is 0. The lowest BCUT2D eigenvalue weighted by Gasteiger charge is -2.18. The van der Waals surface area contributed by atoms with E-state index < -0.39 is 0 Å². The van der Waals surface area contributed by atoms with Gasteiger partial charge in [0.15, 0.2) is 0 Å². The van der Waals surface area contributed by atoms with E-state index >= 15 is 0 Å². The van der Waals surface area contributed by atoms with E-state index in [0.29, 0.717) is 6.04 Å². The Labute approximate surface area is 127 Å². The third-order valence-corrected chi connectivity index (χ3v) is 3.93. The standard InChI is InChI=1S/C18H37NO/c1-4-7-10-13-16-18(20)19-17(14-11-8-5-2)15-12-9-6-3/h17H,4-16H2,1-3H3,(H,19,20). The van der Waals surface area contributed by atoms with E-state index in [1.807, 2.05) is 0 Å². The minimum absolute atomic E-state index is 0.277. The van der Waals surface area contributed by atoms with Crippen LogP contribution >= 0.6 is 0 Å². The number of unbranched alkanes of at least 4 members (excludes halogenated alkanes) is 7. The normalized spacial score (nSPS) is 11.0. The quantitative estimate of drug-likeness (QED) is 0.413. The van der Waals surface area contributed by atoms with Crippen LogP contribution in [0.15, 0.2) is 0 Å². The fraction of sp³-hybridized carbons (Fsp3) is 0.944. The molecule has 0 atom stereocenters. The van der Waals surface area contributed by atoms with Crippen LogP contribution in [0.4, 0.5) is 0 Å². The highest BCUT2D eigenvalue weighted by molar-refractivity contribution is 5.76. The second kappa shape index (κ2) is 14.9. The first-order valence-electron chi connectivity index (χ1n) is 9.03. The number of hydrogen-bond donors (Lipinski definition) is 1. The Balaban J connectivity index is 3.88. The van der Waals surface area contributed by atoms with Gasteiger partial charge in [0.25, 0.3) is 0 Å². The summed E-state index contributed by atoms with van der Waals surface area (Å²) >= 11 is 0. The van der Waals surface area contributed by atoms with Gasteiger partial charge in [0, 0.05) is 12.5 Å². The Hall–Kier alpha value is -0.530. The van der Waals surface area contributed by atoms with Crippen LogP contribution in [-0.4, -0.2) is 11.9 Å². The van der Waals surface area contributed by atoms with Gasteiger partial charge in [-0.15, -0.1) is 0 Å². The summed E-state index contributed by atoms with van der Waals surface area (Å²) in [5.74, 6) is 0.277. The topological polar surface area (TPSA) is 29.1 Å². The van der Waals surface area contributed by atoms with Crippen LogP contribution in [0.25, 0.3) is 0 Å². The van der Waals surface area contributed by atoms with Crippen molar-refractivity contribution < 1.29 is 4.79 Å². The molecule has 0 spiro atoms. The summed E-state index contributed by atoms with van der Waals surface area (Å²) in [5, 5.41) is 3.27. The minimum Gasteiger partial charge on any atom is -0.353 e. The maximum atomic E-state index is 12.0. The molecule has 0 aliphatic carbocycles. The van der Waals surface area contributed by atoms with Gasteiger partial charge in [0.2, 0.25) is 5.91 Å². The number of nitrogens with one attached hydrogen (secondary N) is 1. The zero-order chi connectivity index (χ0) is 15.1. The van der Waals surface area contributed by atoms with Gasteiger partial charge in [-0.05, 0) is 19.3 Å². The van der Waals surface area contributed by atoms with Gasteiger partial charge in [-0.3, -0.25) is 4.79 Å². The molecule has 0 aromatic rings. The van der Waals surface area contributed by atoms with E-state index in [1.165, 1.54) is 57.8 Å². The van der Waals surface area contributed by atoms with Gasteiger partial charge in [-0.1, -0.05) is 78.6 Å². The van der Waals surface area contributed by atoms with Crippen LogP contribution in [0.2, 0.25) is 0 Å². The number of amides is 1.